The second kappa shape index (κ2) is 16.0. The maximum Gasteiger partial charge on any atom is 0.302 e. The summed E-state index contributed by atoms with van der Waals surface area (Å²) in [6, 6.07) is 14.1. The molecule has 1 amide bonds. The van der Waals surface area contributed by atoms with E-state index < -0.39 is 12.2 Å². The van der Waals surface area contributed by atoms with Crippen LogP contribution in [0.2, 0.25) is 0 Å². The lowest BCUT2D eigenvalue weighted by molar-refractivity contribution is -0.148. The number of carbonyl (C=O) groups is 2. The predicted molar refractivity (Wildman–Crippen MR) is 163 cm³/mol. The molecular weight excluding hydrogens is 530 g/mol. The Labute approximate surface area is 251 Å². The molecule has 2 aromatic carbocycles. The largest absolute Gasteiger partial charge is 0.504 e. The fourth-order valence-corrected chi connectivity index (χ4v) is 6.40. The molecule has 1 heterocycles. The van der Waals surface area contributed by atoms with Gasteiger partial charge in [0.15, 0.2) is 11.5 Å². The third kappa shape index (κ3) is 9.75. The number of hydrogen-bond acceptors (Lipinski definition) is 6. The minimum atomic E-state index is -0.512. The number of phenolic OH excluding ortho intramolecular Hbond substituents is 1. The van der Waals surface area contributed by atoms with Crippen LogP contribution in [0.4, 0.5) is 0 Å². The van der Waals surface area contributed by atoms with Crippen LogP contribution in [0, 0.1) is 5.92 Å². The highest BCUT2D eigenvalue weighted by molar-refractivity contribution is 5.78. The number of benzene rings is 2. The number of phenols is 1. The summed E-state index contributed by atoms with van der Waals surface area (Å²) in [5, 5.41) is 21.8. The van der Waals surface area contributed by atoms with E-state index in [0.29, 0.717) is 56.5 Å². The molecule has 42 heavy (non-hydrogen) atoms. The molecule has 0 spiro atoms. The van der Waals surface area contributed by atoms with Gasteiger partial charge in [0.1, 0.15) is 6.10 Å². The van der Waals surface area contributed by atoms with Crippen molar-refractivity contribution in [3.05, 3.63) is 59.2 Å². The van der Waals surface area contributed by atoms with Crippen molar-refractivity contribution in [1.29, 1.82) is 0 Å². The Morgan fingerprint density at radius 2 is 1.83 bits per heavy atom. The van der Waals surface area contributed by atoms with Crippen LogP contribution in [0.5, 0.6) is 11.5 Å². The number of hydrogen-bond donors (Lipinski definition) is 2. The van der Waals surface area contributed by atoms with Gasteiger partial charge in [0.2, 0.25) is 5.91 Å². The van der Waals surface area contributed by atoms with Crippen molar-refractivity contribution in [2.75, 3.05) is 6.54 Å². The molecule has 0 bridgehead atoms. The van der Waals surface area contributed by atoms with Crippen LogP contribution < -0.4 is 4.74 Å². The highest BCUT2D eigenvalue weighted by atomic mass is 16.5. The van der Waals surface area contributed by atoms with Crippen LogP contribution in [0.15, 0.2) is 42.5 Å². The van der Waals surface area contributed by atoms with Gasteiger partial charge < -0.3 is 24.6 Å². The Kier molecular flexibility index (Phi) is 12.1. The van der Waals surface area contributed by atoms with Crippen LogP contribution in [0.1, 0.15) is 101 Å². The number of aliphatic hydroxyl groups excluding tert-OH is 1. The summed E-state index contributed by atoms with van der Waals surface area (Å²) in [5.74, 6) is 0.562. The molecule has 4 rings (SSSR count). The topological polar surface area (TPSA) is 96.3 Å². The number of aryl methyl sites for hydroxylation is 1. The number of esters is 1. The normalized spacial score (nSPS) is 18.8. The molecule has 1 saturated carbocycles. The molecule has 3 unspecified atom stereocenters. The smallest absolute Gasteiger partial charge is 0.302 e. The Hall–Kier alpha value is -3.06. The maximum absolute atomic E-state index is 13.0. The molecule has 2 N–H and O–H groups in total. The number of rotatable bonds is 16. The highest BCUT2D eigenvalue weighted by Crippen LogP contribution is 2.37. The monoisotopic (exact) mass is 579 g/mol. The van der Waals surface area contributed by atoms with Crippen molar-refractivity contribution in [3.8, 4) is 11.5 Å². The molecule has 7 nitrogen and oxygen atoms in total. The van der Waals surface area contributed by atoms with Gasteiger partial charge in [0, 0.05) is 38.4 Å². The molecule has 1 saturated heterocycles. The van der Waals surface area contributed by atoms with Gasteiger partial charge in [0.25, 0.3) is 0 Å². The number of likely N-dealkylation sites (tertiary alicyclic amines) is 1. The van der Waals surface area contributed by atoms with Crippen LogP contribution in [0.25, 0.3) is 0 Å². The third-order valence-corrected chi connectivity index (χ3v) is 8.60. The zero-order chi connectivity index (χ0) is 29.9. The molecule has 7 heteroatoms. The Morgan fingerprint density at radius 3 is 2.55 bits per heavy atom. The van der Waals surface area contributed by atoms with E-state index in [0.717, 1.165) is 56.9 Å². The average Bonchev–Trinajstić information content (AvgIpc) is 3.59. The first-order valence-electron chi connectivity index (χ1n) is 16.0. The van der Waals surface area contributed by atoms with E-state index in [1.807, 2.05) is 35.2 Å². The highest BCUT2D eigenvalue weighted by Gasteiger charge is 2.31. The summed E-state index contributed by atoms with van der Waals surface area (Å²) >= 11 is 0. The summed E-state index contributed by atoms with van der Waals surface area (Å²) in [5.41, 5.74) is 2.87. The van der Waals surface area contributed by atoms with Gasteiger partial charge in [-0.15, -0.1) is 0 Å². The van der Waals surface area contributed by atoms with Gasteiger partial charge in [-0.2, -0.15) is 0 Å². The molecule has 1 aliphatic heterocycles. The molecule has 2 fully saturated rings. The summed E-state index contributed by atoms with van der Waals surface area (Å²) in [6.45, 7) is 4.52. The molecule has 230 valence electrons. The maximum atomic E-state index is 13.0. The van der Waals surface area contributed by atoms with E-state index in [1.165, 1.54) is 12.5 Å². The zero-order valence-corrected chi connectivity index (χ0v) is 25.4. The number of amides is 1. The first kappa shape index (κ1) is 31.9. The van der Waals surface area contributed by atoms with E-state index in [-0.39, 0.29) is 29.6 Å². The van der Waals surface area contributed by atoms with Gasteiger partial charge in [-0.05, 0) is 74.5 Å². The third-order valence-electron chi connectivity index (χ3n) is 8.60. The Morgan fingerprint density at radius 1 is 1.07 bits per heavy atom. The van der Waals surface area contributed by atoms with Crippen LogP contribution in [0.3, 0.4) is 0 Å². The van der Waals surface area contributed by atoms with Gasteiger partial charge in [-0.1, -0.05) is 62.6 Å². The van der Waals surface area contributed by atoms with Crippen LogP contribution in [-0.2, 0) is 33.7 Å². The average molecular weight is 580 g/mol. The van der Waals surface area contributed by atoms with E-state index in [1.54, 1.807) is 0 Å². The number of carbonyl (C=O) groups excluding carboxylic acids is 2. The van der Waals surface area contributed by atoms with Gasteiger partial charge >= 0.3 is 5.97 Å². The van der Waals surface area contributed by atoms with Crippen molar-refractivity contribution >= 4 is 11.9 Å². The number of ether oxygens (including phenoxy) is 2. The summed E-state index contributed by atoms with van der Waals surface area (Å²) < 4.78 is 11.9. The standard InChI is InChI=1S/C35H49NO6/c1-3-4-6-13-30(38)22-32(41-25(2)37)17-16-27-19-29(35(40)33(20-27)42-31-14-9-10-15-31)24-36-23-28(21-34(36)39)18-26-11-7-5-8-12-26/h5,7-8,11-12,19-20,28,30-32,38,40H,3-4,6,9-10,13-18,21-24H2,1-2H3. The lowest BCUT2D eigenvalue weighted by Crippen LogP contribution is -2.25. The lowest BCUT2D eigenvalue weighted by Gasteiger charge is -2.23. The van der Waals surface area contributed by atoms with Crippen molar-refractivity contribution in [2.45, 2.75) is 122 Å². The Bertz CT molecular complexity index is 1150. The minimum Gasteiger partial charge on any atom is -0.504 e. The summed E-state index contributed by atoms with van der Waals surface area (Å²) in [4.78, 5) is 26.7. The molecule has 2 aromatic rings. The quantitative estimate of drug-likeness (QED) is 0.174. The minimum absolute atomic E-state index is 0.0785. The van der Waals surface area contributed by atoms with Crippen molar-refractivity contribution in [1.82, 2.24) is 4.90 Å². The summed E-state index contributed by atoms with van der Waals surface area (Å²) in [7, 11) is 0. The Balaban J connectivity index is 1.47. The van der Waals surface area contributed by atoms with Crippen molar-refractivity contribution in [2.24, 2.45) is 5.92 Å². The lowest BCUT2D eigenvalue weighted by atomic mass is 9.98. The fourth-order valence-electron chi connectivity index (χ4n) is 6.40. The molecular formula is C35H49NO6. The molecule has 3 atom stereocenters. The van der Waals surface area contributed by atoms with Crippen LogP contribution >= 0.6 is 0 Å². The van der Waals surface area contributed by atoms with Crippen molar-refractivity contribution in [3.63, 3.8) is 0 Å². The van der Waals surface area contributed by atoms with E-state index in [4.69, 9.17) is 9.47 Å². The zero-order valence-electron chi connectivity index (χ0n) is 25.4. The number of aromatic hydroxyl groups is 1. The molecule has 1 aliphatic carbocycles. The van der Waals surface area contributed by atoms with Gasteiger partial charge in [0.05, 0.1) is 12.2 Å². The van der Waals surface area contributed by atoms with E-state index in [2.05, 4.69) is 19.1 Å². The second-order valence-corrected chi connectivity index (χ2v) is 12.3. The number of aliphatic hydroxyl groups is 1. The second-order valence-electron chi connectivity index (χ2n) is 12.3. The van der Waals surface area contributed by atoms with E-state index in [9.17, 15) is 19.8 Å². The van der Waals surface area contributed by atoms with Crippen molar-refractivity contribution < 1.29 is 29.3 Å². The fraction of sp³-hybridized carbons (Fsp3) is 0.600. The predicted octanol–water partition coefficient (Wildman–Crippen LogP) is 6.50. The van der Waals surface area contributed by atoms with Gasteiger partial charge in [-0.3, -0.25) is 9.59 Å². The number of nitrogens with zero attached hydrogens (tertiary/aromatic N) is 1. The molecule has 0 aromatic heterocycles. The van der Waals surface area contributed by atoms with Gasteiger partial charge in [-0.25, -0.2) is 0 Å². The molecule has 2 aliphatic rings. The SMILES string of the molecule is CCCCCC(O)CC(CCc1cc(CN2CC(Cc3ccccc3)CC2=O)c(O)c(OC2CCCC2)c1)OC(C)=O. The first-order chi connectivity index (χ1) is 20.3. The van der Waals surface area contributed by atoms with Crippen LogP contribution in [-0.4, -0.2) is 51.8 Å². The van der Waals surface area contributed by atoms with E-state index >= 15 is 0 Å². The number of unbranched alkanes of at least 4 members (excludes halogenated alkanes) is 2. The molecule has 0 radical (unpaired) electrons. The summed E-state index contributed by atoms with van der Waals surface area (Å²) in [6.07, 6.45) is 10.1. The first-order valence-corrected chi connectivity index (χ1v) is 16.0.